The molecular weight excluding hydrogens is 348 g/mol. The number of hydroxylamine groups is 1. The molecule has 2 aromatic rings. The maximum atomic E-state index is 12.1. The topological polar surface area (TPSA) is 116 Å². The molecule has 0 aliphatic carbocycles. The zero-order chi connectivity index (χ0) is 19.6. The van der Waals surface area contributed by atoms with Gasteiger partial charge in [0.15, 0.2) is 0 Å². The van der Waals surface area contributed by atoms with E-state index in [0.29, 0.717) is 13.0 Å². The van der Waals surface area contributed by atoms with Crippen LogP contribution in [0.4, 0.5) is 0 Å². The number of carbonyl (C=O) groups is 3. The van der Waals surface area contributed by atoms with Gasteiger partial charge in [0.1, 0.15) is 0 Å². The van der Waals surface area contributed by atoms with Crippen molar-refractivity contribution in [2.75, 3.05) is 6.54 Å². The second-order valence-corrected chi connectivity index (χ2v) is 6.14. The largest absolute Gasteiger partial charge is 0.481 e. The summed E-state index contributed by atoms with van der Waals surface area (Å²) in [5, 5.41) is 20.1. The Kier molecular flexibility index (Phi) is 7.51. The van der Waals surface area contributed by atoms with Gasteiger partial charge in [0.2, 0.25) is 11.8 Å². The van der Waals surface area contributed by atoms with Gasteiger partial charge in [-0.25, -0.2) is 5.48 Å². The Hall–Kier alpha value is -3.19. The van der Waals surface area contributed by atoms with Gasteiger partial charge in [0.25, 0.3) is 0 Å². The zero-order valence-electron chi connectivity index (χ0n) is 14.7. The maximum Gasteiger partial charge on any atom is 0.304 e. The van der Waals surface area contributed by atoms with E-state index in [9.17, 15) is 14.4 Å². The van der Waals surface area contributed by atoms with E-state index in [1.54, 1.807) is 0 Å². The van der Waals surface area contributed by atoms with Crippen LogP contribution in [0.2, 0.25) is 0 Å². The predicted octanol–water partition coefficient (Wildman–Crippen LogP) is 2.00. The van der Waals surface area contributed by atoms with Crippen molar-refractivity contribution in [3.05, 3.63) is 60.2 Å². The normalized spacial score (nSPS) is 11.4. The SMILES string of the molecule is O=C(O)CC(CC(=O)NO)C(=O)NCCc1ccc(-c2ccccc2)cc1. The van der Waals surface area contributed by atoms with Crippen molar-refractivity contribution in [1.29, 1.82) is 0 Å². The highest BCUT2D eigenvalue weighted by molar-refractivity contribution is 5.88. The Bertz CT molecular complexity index is 775. The third-order valence-corrected chi connectivity index (χ3v) is 4.12. The summed E-state index contributed by atoms with van der Waals surface area (Å²) in [6.45, 7) is 0.320. The molecule has 0 radical (unpaired) electrons. The summed E-state index contributed by atoms with van der Waals surface area (Å²) in [6, 6.07) is 17.9. The highest BCUT2D eigenvalue weighted by atomic mass is 16.5. The number of hydrogen-bond acceptors (Lipinski definition) is 4. The second-order valence-electron chi connectivity index (χ2n) is 6.14. The molecule has 142 valence electrons. The number of amides is 2. The number of carboxylic acid groups (broad SMARTS) is 1. The van der Waals surface area contributed by atoms with Crippen molar-refractivity contribution in [2.45, 2.75) is 19.3 Å². The van der Waals surface area contributed by atoms with Crippen molar-refractivity contribution < 1.29 is 24.7 Å². The van der Waals surface area contributed by atoms with Gasteiger partial charge in [0.05, 0.1) is 12.3 Å². The van der Waals surface area contributed by atoms with Gasteiger partial charge < -0.3 is 10.4 Å². The number of rotatable bonds is 9. The molecule has 0 aromatic heterocycles. The van der Waals surface area contributed by atoms with Crippen LogP contribution in [0, 0.1) is 5.92 Å². The van der Waals surface area contributed by atoms with Gasteiger partial charge in [-0.1, -0.05) is 54.6 Å². The summed E-state index contributed by atoms with van der Waals surface area (Å²) in [4.78, 5) is 34.2. The minimum absolute atomic E-state index is 0.320. The monoisotopic (exact) mass is 370 g/mol. The molecular formula is C20H22N2O5. The summed E-state index contributed by atoms with van der Waals surface area (Å²) >= 11 is 0. The third-order valence-electron chi connectivity index (χ3n) is 4.12. The lowest BCUT2D eigenvalue weighted by atomic mass is 9.99. The quantitative estimate of drug-likeness (QED) is 0.398. The molecule has 7 nitrogen and oxygen atoms in total. The summed E-state index contributed by atoms with van der Waals surface area (Å²) < 4.78 is 0. The van der Waals surface area contributed by atoms with Crippen LogP contribution in [0.25, 0.3) is 11.1 Å². The fraction of sp³-hybridized carbons (Fsp3) is 0.250. The van der Waals surface area contributed by atoms with E-state index in [1.807, 2.05) is 54.6 Å². The maximum absolute atomic E-state index is 12.1. The minimum Gasteiger partial charge on any atom is -0.481 e. The van der Waals surface area contributed by atoms with Crippen LogP contribution in [-0.4, -0.2) is 34.6 Å². The average molecular weight is 370 g/mol. The van der Waals surface area contributed by atoms with Crippen molar-refractivity contribution in [2.24, 2.45) is 5.92 Å². The first-order valence-electron chi connectivity index (χ1n) is 8.56. The Morgan fingerprint density at radius 2 is 1.52 bits per heavy atom. The first-order valence-corrected chi connectivity index (χ1v) is 8.56. The van der Waals surface area contributed by atoms with Crippen molar-refractivity contribution in [1.82, 2.24) is 10.8 Å². The lowest BCUT2D eigenvalue weighted by Crippen LogP contribution is -2.36. The molecule has 0 spiro atoms. The number of carbonyl (C=O) groups excluding carboxylic acids is 2. The van der Waals surface area contributed by atoms with E-state index in [2.05, 4.69) is 5.32 Å². The summed E-state index contributed by atoms with van der Waals surface area (Å²) in [5.74, 6) is -3.54. The van der Waals surface area contributed by atoms with Crippen LogP contribution in [0.3, 0.4) is 0 Å². The van der Waals surface area contributed by atoms with Gasteiger partial charge in [-0.2, -0.15) is 0 Å². The van der Waals surface area contributed by atoms with Crippen LogP contribution in [0.15, 0.2) is 54.6 Å². The first-order chi connectivity index (χ1) is 13.0. The lowest BCUT2D eigenvalue weighted by molar-refractivity contribution is -0.142. The molecule has 0 aliphatic heterocycles. The molecule has 7 heteroatoms. The fourth-order valence-electron chi connectivity index (χ4n) is 2.71. The molecule has 1 atom stereocenters. The van der Waals surface area contributed by atoms with Gasteiger partial charge in [-0.15, -0.1) is 0 Å². The lowest BCUT2D eigenvalue weighted by Gasteiger charge is -2.14. The third kappa shape index (κ3) is 6.56. The van der Waals surface area contributed by atoms with Gasteiger partial charge in [0, 0.05) is 13.0 Å². The smallest absolute Gasteiger partial charge is 0.304 e. The molecule has 27 heavy (non-hydrogen) atoms. The Morgan fingerprint density at radius 1 is 0.889 bits per heavy atom. The van der Waals surface area contributed by atoms with Crippen LogP contribution in [0.1, 0.15) is 18.4 Å². The van der Waals surface area contributed by atoms with E-state index >= 15 is 0 Å². The molecule has 1 unspecified atom stereocenters. The highest BCUT2D eigenvalue weighted by Gasteiger charge is 2.24. The first kappa shape index (κ1) is 20.1. The Balaban J connectivity index is 1.87. The molecule has 2 rings (SSSR count). The van der Waals surface area contributed by atoms with Crippen LogP contribution < -0.4 is 10.8 Å². The van der Waals surface area contributed by atoms with Gasteiger partial charge in [-0.3, -0.25) is 19.6 Å². The standard InChI is InChI=1S/C20H22N2O5/c23-18(22-27)12-17(13-19(24)25)20(26)21-11-10-14-6-8-16(9-7-14)15-4-2-1-3-5-15/h1-9,17,27H,10-13H2,(H,21,26)(H,22,23)(H,24,25). The van der Waals surface area contributed by atoms with Crippen LogP contribution >= 0.6 is 0 Å². The summed E-state index contributed by atoms with van der Waals surface area (Å²) in [7, 11) is 0. The predicted molar refractivity (Wildman–Crippen MR) is 98.9 cm³/mol. The van der Waals surface area contributed by atoms with E-state index in [0.717, 1.165) is 16.7 Å². The van der Waals surface area contributed by atoms with Crippen LogP contribution in [-0.2, 0) is 20.8 Å². The molecule has 0 fully saturated rings. The molecule has 0 saturated heterocycles. The number of carboxylic acids is 1. The van der Waals surface area contributed by atoms with E-state index < -0.39 is 30.1 Å². The number of nitrogens with one attached hydrogen (secondary N) is 2. The Morgan fingerprint density at radius 3 is 2.11 bits per heavy atom. The zero-order valence-corrected chi connectivity index (χ0v) is 14.7. The Labute approximate surface area is 157 Å². The second kappa shape index (κ2) is 10.1. The molecule has 2 amide bonds. The van der Waals surface area contributed by atoms with Crippen molar-refractivity contribution >= 4 is 17.8 Å². The van der Waals surface area contributed by atoms with Gasteiger partial charge in [-0.05, 0) is 23.1 Å². The number of hydrogen-bond donors (Lipinski definition) is 4. The summed E-state index contributed by atoms with van der Waals surface area (Å²) in [5.41, 5.74) is 4.66. The number of benzene rings is 2. The highest BCUT2D eigenvalue weighted by Crippen LogP contribution is 2.19. The number of aliphatic carboxylic acids is 1. The molecule has 0 saturated carbocycles. The molecule has 2 aromatic carbocycles. The fourth-order valence-corrected chi connectivity index (χ4v) is 2.71. The minimum atomic E-state index is -1.18. The molecule has 4 N–H and O–H groups in total. The summed E-state index contributed by atoms with van der Waals surface area (Å²) in [6.07, 6.45) is -0.293. The average Bonchev–Trinajstić information content (AvgIpc) is 2.68. The van der Waals surface area contributed by atoms with E-state index in [1.165, 1.54) is 5.48 Å². The molecule has 0 heterocycles. The van der Waals surface area contributed by atoms with Crippen molar-refractivity contribution in [3.8, 4) is 11.1 Å². The van der Waals surface area contributed by atoms with E-state index in [4.69, 9.17) is 10.3 Å². The molecule has 0 bridgehead atoms. The van der Waals surface area contributed by atoms with Crippen molar-refractivity contribution in [3.63, 3.8) is 0 Å². The van der Waals surface area contributed by atoms with Crippen LogP contribution in [0.5, 0.6) is 0 Å². The molecule has 0 aliphatic rings. The van der Waals surface area contributed by atoms with Gasteiger partial charge >= 0.3 is 5.97 Å². The van der Waals surface area contributed by atoms with E-state index in [-0.39, 0.29) is 6.42 Å².